The molecule has 100 valence electrons. The van der Waals surface area contributed by atoms with Crippen molar-refractivity contribution in [2.75, 3.05) is 0 Å². The van der Waals surface area contributed by atoms with Crippen LogP contribution in [-0.2, 0) is 6.18 Å². The zero-order chi connectivity index (χ0) is 13.4. The topological polar surface area (TPSA) is 53.4 Å². The largest absolute Gasteiger partial charge is 0.416 e. The van der Waals surface area contributed by atoms with Crippen molar-refractivity contribution in [2.45, 2.75) is 43.6 Å². The average Bonchev–Trinajstić information content (AvgIpc) is 2.75. The number of hydrogen-bond donors (Lipinski definition) is 2. The van der Waals surface area contributed by atoms with E-state index in [9.17, 15) is 23.4 Å². The van der Waals surface area contributed by atoms with E-state index in [0.29, 0.717) is 25.7 Å². The molecule has 1 heterocycles. The summed E-state index contributed by atoms with van der Waals surface area (Å²) in [4.78, 5) is 3.61. The number of halogens is 3. The summed E-state index contributed by atoms with van der Waals surface area (Å²) in [5.41, 5.74) is -2.76. The van der Waals surface area contributed by atoms with Gasteiger partial charge >= 0.3 is 6.18 Å². The fourth-order valence-electron chi connectivity index (χ4n) is 2.43. The Bertz CT molecular complexity index is 428. The zero-order valence-corrected chi connectivity index (χ0v) is 9.61. The Labute approximate surface area is 102 Å². The second-order valence-electron chi connectivity index (χ2n) is 4.67. The fourth-order valence-corrected chi connectivity index (χ4v) is 2.43. The molecule has 18 heavy (non-hydrogen) atoms. The smallest absolute Gasteiger partial charge is 0.387 e. The van der Waals surface area contributed by atoms with Gasteiger partial charge in [-0.25, -0.2) is 0 Å². The highest BCUT2D eigenvalue weighted by atomic mass is 19.4. The summed E-state index contributed by atoms with van der Waals surface area (Å²) in [6.45, 7) is 0. The van der Waals surface area contributed by atoms with Crippen LogP contribution in [0, 0.1) is 0 Å². The molecule has 1 fully saturated rings. The van der Waals surface area contributed by atoms with E-state index in [2.05, 4.69) is 4.98 Å². The molecule has 1 aromatic rings. The van der Waals surface area contributed by atoms with Gasteiger partial charge in [0.1, 0.15) is 6.10 Å². The summed E-state index contributed by atoms with van der Waals surface area (Å²) in [5, 5.41) is 20.2. The van der Waals surface area contributed by atoms with Crippen molar-refractivity contribution < 1.29 is 23.4 Å². The van der Waals surface area contributed by atoms with Gasteiger partial charge in [0.05, 0.1) is 11.2 Å². The predicted octanol–water partition coefficient (Wildman–Crippen LogP) is 2.44. The van der Waals surface area contributed by atoms with Gasteiger partial charge in [-0.1, -0.05) is 12.8 Å². The third kappa shape index (κ3) is 2.35. The molecule has 1 atom stereocenters. The number of pyridine rings is 1. The summed E-state index contributed by atoms with van der Waals surface area (Å²) in [7, 11) is 0. The summed E-state index contributed by atoms with van der Waals surface area (Å²) >= 11 is 0. The van der Waals surface area contributed by atoms with Crippen molar-refractivity contribution in [3.63, 3.8) is 0 Å². The van der Waals surface area contributed by atoms with Gasteiger partial charge in [0, 0.05) is 18.0 Å². The molecule has 1 unspecified atom stereocenters. The number of rotatable bonds is 2. The number of aromatic nitrogens is 1. The third-order valence-corrected chi connectivity index (χ3v) is 3.43. The van der Waals surface area contributed by atoms with Crippen molar-refractivity contribution in [1.29, 1.82) is 0 Å². The third-order valence-electron chi connectivity index (χ3n) is 3.43. The van der Waals surface area contributed by atoms with E-state index < -0.39 is 23.4 Å². The van der Waals surface area contributed by atoms with E-state index >= 15 is 0 Å². The minimum absolute atomic E-state index is 0.306. The quantitative estimate of drug-likeness (QED) is 0.859. The maximum absolute atomic E-state index is 12.8. The molecular formula is C12H14F3NO2. The van der Waals surface area contributed by atoms with Crippen molar-refractivity contribution in [3.05, 3.63) is 29.6 Å². The van der Waals surface area contributed by atoms with Crippen LogP contribution in [0.3, 0.4) is 0 Å². The predicted molar refractivity (Wildman–Crippen MR) is 57.6 cm³/mol. The summed E-state index contributed by atoms with van der Waals surface area (Å²) in [5.74, 6) is 0. The molecule has 2 rings (SSSR count). The fraction of sp³-hybridized carbons (Fsp3) is 0.583. The van der Waals surface area contributed by atoms with E-state index in [1.807, 2.05) is 0 Å². The second-order valence-corrected chi connectivity index (χ2v) is 4.67. The lowest BCUT2D eigenvalue weighted by Crippen LogP contribution is -2.34. The Morgan fingerprint density at radius 3 is 2.44 bits per heavy atom. The van der Waals surface area contributed by atoms with Gasteiger partial charge in [-0.2, -0.15) is 13.2 Å². The molecule has 0 saturated heterocycles. The molecule has 0 aliphatic heterocycles. The van der Waals surface area contributed by atoms with Crippen LogP contribution in [0.5, 0.6) is 0 Å². The minimum Gasteiger partial charge on any atom is -0.387 e. The number of nitrogens with zero attached hydrogens (tertiary/aromatic N) is 1. The van der Waals surface area contributed by atoms with E-state index in [-0.39, 0.29) is 5.56 Å². The molecule has 2 N–H and O–H groups in total. The van der Waals surface area contributed by atoms with Crippen LogP contribution >= 0.6 is 0 Å². The van der Waals surface area contributed by atoms with E-state index in [1.165, 1.54) is 0 Å². The van der Waals surface area contributed by atoms with Gasteiger partial charge in [-0.3, -0.25) is 4.98 Å². The lowest BCUT2D eigenvalue weighted by molar-refractivity contribution is -0.142. The van der Waals surface area contributed by atoms with Crippen LogP contribution in [0.25, 0.3) is 0 Å². The molecule has 3 nitrogen and oxygen atoms in total. The van der Waals surface area contributed by atoms with Crippen molar-refractivity contribution in [1.82, 2.24) is 4.98 Å². The molecule has 1 aliphatic carbocycles. The first-order chi connectivity index (χ1) is 8.34. The molecule has 1 aromatic heterocycles. The minimum atomic E-state index is -4.56. The Hall–Kier alpha value is -1.14. The standard InChI is InChI=1S/C12H14F3NO2/c13-12(14,15)9-3-6-16-7-8(9)10(17)11(18)4-1-2-5-11/h3,6-7,10,17-18H,1-2,4-5H2. The molecule has 0 amide bonds. The number of aliphatic hydroxyl groups is 2. The average molecular weight is 261 g/mol. The molecule has 0 spiro atoms. The Kier molecular flexibility index (Phi) is 3.33. The van der Waals surface area contributed by atoms with Gasteiger partial charge in [-0.15, -0.1) is 0 Å². The summed E-state index contributed by atoms with van der Waals surface area (Å²) < 4.78 is 38.4. The van der Waals surface area contributed by atoms with Crippen LogP contribution in [0.4, 0.5) is 13.2 Å². The van der Waals surface area contributed by atoms with Gasteiger partial charge in [0.15, 0.2) is 0 Å². The second kappa shape index (κ2) is 4.51. The van der Waals surface area contributed by atoms with Crippen LogP contribution in [-0.4, -0.2) is 20.8 Å². The Morgan fingerprint density at radius 2 is 1.89 bits per heavy atom. The lowest BCUT2D eigenvalue weighted by Gasteiger charge is -2.30. The normalized spacial score (nSPS) is 20.9. The van der Waals surface area contributed by atoms with Crippen LogP contribution in [0.15, 0.2) is 18.5 Å². The van der Waals surface area contributed by atoms with Crippen LogP contribution in [0.2, 0.25) is 0 Å². The van der Waals surface area contributed by atoms with Crippen molar-refractivity contribution >= 4 is 0 Å². The van der Waals surface area contributed by atoms with E-state index in [0.717, 1.165) is 18.5 Å². The van der Waals surface area contributed by atoms with Crippen LogP contribution < -0.4 is 0 Å². The summed E-state index contributed by atoms with van der Waals surface area (Å²) in [6, 6.07) is 0.816. The molecule has 1 saturated carbocycles. The first kappa shape index (κ1) is 13.3. The number of alkyl halides is 3. The van der Waals surface area contributed by atoms with Crippen molar-refractivity contribution in [2.24, 2.45) is 0 Å². The zero-order valence-electron chi connectivity index (χ0n) is 9.61. The molecule has 0 aromatic carbocycles. The van der Waals surface area contributed by atoms with E-state index in [4.69, 9.17) is 0 Å². The molecule has 0 bridgehead atoms. The molecule has 6 heteroatoms. The highest BCUT2D eigenvalue weighted by molar-refractivity contribution is 5.30. The van der Waals surface area contributed by atoms with Crippen LogP contribution in [0.1, 0.15) is 42.9 Å². The first-order valence-electron chi connectivity index (χ1n) is 5.76. The van der Waals surface area contributed by atoms with Gasteiger partial charge < -0.3 is 10.2 Å². The van der Waals surface area contributed by atoms with Gasteiger partial charge in [0.2, 0.25) is 0 Å². The SMILES string of the molecule is OC(c1cnccc1C(F)(F)F)C1(O)CCCC1. The maximum atomic E-state index is 12.8. The first-order valence-corrected chi connectivity index (χ1v) is 5.76. The summed E-state index contributed by atoms with van der Waals surface area (Å²) in [6.07, 6.45) is -2.09. The molecule has 0 radical (unpaired) electrons. The van der Waals surface area contributed by atoms with Crippen molar-refractivity contribution in [3.8, 4) is 0 Å². The number of hydrogen-bond acceptors (Lipinski definition) is 3. The Morgan fingerprint density at radius 1 is 1.28 bits per heavy atom. The Balaban J connectivity index is 2.39. The maximum Gasteiger partial charge on any atom is 0.416 e. The monoisotopic (exact) mass is 261 g/mol. The lowest BCUT2D eigenvalue weighted by atomic mass is 9.88. The highest BCUT2D eigenvalue weighted by Gasteiger charge is 2.43. The molecular weight excluding hydrogens is 247 g/mol. The van der Waals surface area contributed by atoms with Gasteiger partial charge in [-0.05, 0) is 18.9 Å². The van der Waals surface area contributed by atoms with Gasteiger partial charge in [0.25, 0.3) is 0 Å². The number of aliphatic hydroxyl groups excluding tert-OH is 1. The molecule has 1 aliphatic rings. The van der Waals surface area contributed by atoms with E-state index in [1.54, 1.807) is 0 Å². The highest BCUT2D eigenvalue weighted by Crippen LogP contribution is 2.43.